The monoisotopic (exact) mass is 270 g/mol. The van der Waals surface area contributed by atoms with Gasteiger partial charge in [-0.3, -0.25) is 0 Å². The molecule has 1 saturated carbocycles. The van der Waals surface area contributed by atoms with Crippen LogP contribution in [0.15, 0.2) is 0 Å². The summed E-state index contributed by atoms with van der Waals surface area (Å²) in [5.74, 6) is 0.795. The van der Waals surface area contributed by atoms with Crippen molar-refractivity contribution in [2.45, 2.75) is 38.7 Å². The van der Waals surface area contributed by atoms with E-state index in [0.717, 1.165) is 5.92 Å². The fraction of sp³-hybridized carbons (Fsp3) is 1.00. The number of hydrogen-bond acceptors (Lipinski definition) is 1. The lowest BCUT2D eigenvalue weighted by Gasteiger charge is -2.26. The molecule has 1 aliphatic rings. The summed E-state index contributed by atoms with van der Waals surface area (Å²) in [7, 11) is 1.83. The maximum absolute atomic E-state index is 5.30. The molecule has 11 heavy (non-hydrogen) atoms. The van der Waals surface area contributed by atoms with E-state index in [4.69, 9.17) is 4.74 Å². The van der Waals surface area contributed by atoms with E-state index >= 15 is 0 Å². The Morgan fingerprint density at radius 2 is 1.73 bits per heavy atom. The molecule has 1 nitrogen and oxygen atoms in total. The maximum atomic E-state index is 5.30. The van der Waals surface area contributed by atoms with Crippen molar-refractivity contribution in [3.05, 3.63) is 0 Å². The summed E-state index contributed by atoms with van der Waals surface area (Å²) in [6.45, 7) is 2.29. The van der Waals surface area contributed by atoms with Gasteiger partial charge in [0.15, 0.2) is 0 Å². The molecule has 0 aliphatic heterocycles. The highest BCUT2D eigenvalue weighted by molar-refractivity contribution is 14.1. The fourth-order valence-electron chi connectivity index (χ4n) is 1.63. The van der Waals surface area contributed by atoms with Gasteiger partial charge in [-0.05, 0) is 23.7 Å². The molecule has 2 atom stereocenters. The second-order valence-corrected chi connectivity index (χ2v) is 3.04. The summed E-state index contributed by atoms with van der Waals surface area (Å²) in [6.07, 6.45) is 5.96. The second kappa shape index (κ2) is 7.35. The average molecular weight is 270 g/mol. The van der Waals surface area contributed by atoms with Crippen molar-refractivity contribution in [3.8, 4) is 0 Å². The minimum atomic E-state index is 0.554. The first-order chi connectivity index (χ1) is 5.34. The predicted molar refractivity (Wildman–Crippen MR) is 58.4 cm³/mol. The maximum Gasteiger partial charge on any atom is 0.0596 e. The van der Waals surface area contributed by atoms with Gasteiger partial charge in [0, 0.05) is 7.11 Å². The van der Waals surface area contributed by atoms with Crippen molar-refractivity contribution in [1.82, 2.24) is 0 Å². The molecule has 68 valence electrons. The van der Waals surface area contributed by atoms with Crippen LogP contribution < -0.4 is 0 Å². The highest BCUT2D eigenvalue weighted by Crippen LogP contribution is 2.25. The Morgan fingerprint density at radius 3 is 2.09 bits per heavy atom. The molecule has 2 unspecified atom stereocenters. The number of ether oxygens (including phenoxy) is 1. The first-order valence-corrected chi connectivity index (χ1v) is 6.41. The van der Waals surface area contributed by atoms with Crippen molar-refractivity contribution < 1.29 is 4.74 Å². The van der Waals surface area contributed by atoms with Crippen molar-refractivity contribution in [2.75, 3.05) is 12.0 Å². The van der Waals surface area contributed by atoms with Crippen LogP contribution in [0.5, 0.6) is 0 Å². The third kappa shape index (κ3) is 4.31. The molecule has 0 spiro atoms. The SMILES string of the molecule is CI.COC1CCCCC1C. The van der Waals surface area contributed by atoms with Gasteiger partial charge in [0.25, 0.3) is 0 Å². The summed E-state index contributed by atoms with van der Waals surface area (Å²) in [6, 6.07) is 0. The van der Waals surface area contributed by atoms with Gasteiger partial charge in [-0.15, -0.1) is 0 Å². The van der Waals surface area contributed by atoms with Gasteiger partial charge in [-0.1, -0.05) is 42.4 Å². The van der Waals surface area contributed by atoms with E-state index in [1.165, 1.54) is 25.7 Å². The molecular weight excluding hydrogens is 251 g/mol. The zero-order valence-electron chi connectivity index (χ0n) is 7.77. The van der Waals surface area contributed by atoms with E-state index in [2.05, 4.69) is 29.5 Å². The fourth-order valence-corrected chi connectivity index (χ4v) is 1.63. The molecule has 1 fully saturated rings. The van der Waals surface area contributed by atoms with Crippen LogP contribution in [0.4, 0.5) is 0 Å². The topological polar surface area (TPSA) is 9.23 Å². The summed E-state index contributed by atoms with van der Waals surface area (Å²) in [5, 5.41) is 0. The summed E-state index contributed by atoms with van der Waals surface area (Å²) < 4.78 is 5.30. The van der Waals surface area contributed by atoms with Crippen LogP contribution in [-0.4, -0.2) is 18.1 Å². The summed E-state index contributed by atoms with van der Waals surface area (Å²) in [5.41, 5.74) is 0. The zero-order valence-corrected chi connectivity index (χ0v) is 9.93. The van der Waals surface area contributed by atoms with Gasteiger partial charge in [-0.25, -0.2) is 0 Å². The van der Waals surface area contributed by atoms with Crippen molar-refractivity contribution in [3.63, 3.8) is 0 Å². The standard InChI is InChI=1S/C8H16O.CH3I/c1-7-5-3-4-6-8(7)9-2;1-2/h7-8H,3-6H2,1-2H3;1H3. The van der Waals surface area contributed by atoms with Crippen LogP contribution in [-0.2, 0) is 4.74 Å². The molecule has 0 amide bonds. The molecule has 0 aromatic rings. The number of rotatable bonds is 1. The molecule has 0 aromatic carbocycles. The van der Waals surface area contributed by atoms with Gasteiger partial charge in [0.1, 0.15) is 0 Å². The minimum Gasteiger partial charge on any atom is -0.381 e. The quantitative estimate of drug-likeness (QED) is 0.525. The number of hydrogen-bond donors (Lipinski definition) is 0. The second-order valence-electron chi connectivity index (χ2n) is 3.04. The van der Waals surface area contributed by atoms with E-state index in [1.807, 2.05) is 12.0 Å². The lowest BCUT2D eigenvalue weighted by Crippen LogP contribution is -2.23. The summed E-state index contributed by atoms with van der Waals surface area (Å²) >= 11 is 2.15. The van der Waals surface area contributed by atoms with Crippen molar-refractivity contribution in [1.29, 1.82) is 0 Å². The van der Waals surface area contributed by atoms with Crippen LogP contribution in [0.25, 0.3) is 0 Å². The Bertz CT molecular complexity index is 85.6. The van der Waals surface area contributed by atoms with E-state index in [1.54, 1.807) is 0 Å². The number of alkyl halides is 1. The Hall–Kier alpha value is 0.690. The van der Waals surface area contributed by atoms with E-state index < -0.39 is 0 Å². The van der Waals surface area contributed by atoms with Crippen LogP contribution in [0.1, 0.15) is 32.6 Å². The van der Waals surface area contributed by atoms with E-state index in [0.29, 0.717) is 6.10 Å². The highest BCUT2D eigenvalue weighted by Gasteiger charge is 2.19. The van der Waals surface area contributed by atoms with Crippen LogP contribution in [0.2, 0.25) is 0 Å². The molecule has 0 bridgehead atoms. The smallest absolute Gasteiger partial charge is 0.0596 e. The molecular formula is C9H19IO. The molecule has 0 aromatic heterocycles. The molecule has 0 heterocycles. The Morgan fingerprint density at radius 1 is 1.18 bits per heavy atom. The Kier molecular flexibility index (Phi) is 7.81. The lowest BCUT2D eigenvalue weighted by atomic mass is 9.88. The Balaban J connectivity index is 0.000000461. The van der Waals surface area contributed by atoms with E-state index in [-0.39, 0.29) is 0 Å². The van der Waals surface area contributed by atoms with Gasteiger partial charge in [-0.2, -0.15) is 0 Å². The van der Waals surface area contributed by atoms with E-state index in [9.17, 15) is 0 Å². The van der Waals surface area contributed by atoms with Crippen molar-refractivity contribution in [2.24, 2.45) is 5.92 Å². The lowest BCUT2D eigenvalue weighted by molar-refractivity contribution is 0.0310. The van der Waals surface area contributed by atoms with Gasteiger partial charge < -0.3 is 4.74 Å². The molecule has 2 heteroatoms. The van der Waals surface area contributed by atoms with Crippen molar-refractivity contribution >= 4 is 22.6 Å². The third-order valence-corrected chi connectivity index (χ3v) is 2.34. The molecule has 1 rings (SSSR count). The normalized spacial score (nSPS) is 30.5. The average Bonchev–Trinajstić information content (AvgIpc) is 2.09. The molecule has 0 N–H and O–H groups in total. The minimum absolute atomic E-state index is 0.554. The number of methoxy groups -OCH3 is 1. The van der Waals surface area contributed by atoms with Gasteiger partial charge in [0.05, 0.1) is 6.10 Å². The van der Waals surface area contributed by atoms with Gasteiger partial charge in [0.2, 0.25) is 0 Å². The first-order valence-electron chi connectivity index (χ1n) is 4.25. The predicted octanol–water partition coefficient (Wildman–Crippen LogP) is 3.26. The number of halogens is 1. The largest absolute Gasteiger partial charge is 0.381 e. The van der Waals surface area contributed by atoms with Crippen LogP contribution >= 0.6 is 22.6 Å². The molecule has 0 saturated heterocycles. The highest BCUT2D eigenvalue weighted by atomic mass is 127. The molecule has 1 aliphatic carbocycles. The van der Waals surface area contributed by atoms with Crippen LogP contribution in [0, 0.1) is 5.92 Å². The first kappa shape index (κ1) is 11.7. The van der Waals surface area contributed by atoms with Crippen LogP contribution in [0.3, 0.4) is 0 Å². The third-order valence-electron chi connectivity index (χ3n) is 2.34. The zero-order chi connectivity index (χ0) is 8.69. The van der Waals surface area contributed by atoms with Gasteiger partial charge >= 0.3 is 0 Å². The summed E-state index contributed by atoms with van der Waals surface area (Å²) in [4.78, 5) is 1.97. The Labute approximate surface area is 84.0 Å². The molecule has 0 radical (unpaired) electrons.